The molecule has 3 N–H and O–H groups in total. The third kappa shape index (κ3) is 3.63. The summed E-state index contributed by atoms with van der Waals surface area (Å²) < 4.78 is 2.37. The molecule has 0 spiro atoms. The molecule has 1 saturated carbocycles. The van der Waals surface area contributed by atoms with Crippen molar-refractivity contribution in [3.63, 3.8) is 0 Å². The number of rotatable bonds is 6. The van der Waals surface area contributed by atoms with Gasteiger partial charge in [0.05, 0.1) is 6.20 Å². The summed E-state index contributed by atoms with van der Waals surface area (Å²) >= 11 is 0. The van der Waals surface area contributed by atoms with Crippen LogP contribution in [-0.4, -0.2) is 42.1 Å². The number of carbonyl (C=O) groups excluding carboxylic acids is 2. The van der Waals surface area contributed by atoms with Crippen LogP contribution < -0.4 is 16.2 Å². The lowest BCUT2D eigenvalue weighted by atomic mass is 10.2. The van der Waals surface area contributed by atoms with Gasteiger partial charge >= 0.3 is 0 Å². The van der Waals surface area contributed by atoms with E-state index in [2.05, 4.69) is 20.7 Å². The lowest BCUT2D eigenvalue weighted by Gasteiger charge is -2.15. The van der Waals surface area contributed by atoms with Crippen molar-refractivity contribution in [2.45, 2.75) is 39.3 Å². The van der Waals surface area contributed by atoms with Gasteiger partial charge in [-0.3, -0.25) is 19.0 Å². The Labute approximate surface area is 171 Å². The van der Waals surface area contributed by atoms with E-state index in [0.29, 0.717) is 5.82 Å². The fourth-order valence-corrected chi connectivity index (χ4v) is 3.19. The summed E-state index contributed by atoms with van der Waals surface area (Å²) in [4.78, 5) is 42.7. The van der Waals surface area contributed by atoms with E-state index in [4.69, 9.17) is 0 Å². The molecule has 0 atom stereocenters. The zero-order valence-corrected chi connectivity index (χ0v) is 16.6. The largest absolute Gasteiger partial charge is 0.492 e. The van der Waals surface area contributed by atoms with Gasteiger partial charge in [0.2, 0.25) is 5.88 Å². The lowest BCUT2D eigenvalue weighted by Crippen LogP contribution is -2.36. The first-order chi connectivity index (χ1) is 14.4. The van der Waals surface area contributed by atoms with E-state index in [1.54, 1.807) is 18.2 Å². The summed E-state index contributed by atoms with van der Waals surface area (Å²) in [6, 6.07) is 5.09. The van der Waals surface area contributed by atoms with Crippen LogP contribution in [0.15, 0.2) is 35.4 Å². The van der Waals surface area contributed by atoms with Crippen molar-refractivity contribution in [3.8, 4) is 5.88 Å². The Balaban J connectivity index is 1.84. The van der Waals surface area contributed by atoms with Crippen molar-refractivity contribution in [2.75, 3.05) is 5.32 Å². The Morgan fingerprint density at radius 1 is 1.27 bits per heavy atom. The normalized spacial score (nSPS) is 13.6. The molecule has 1 fully saturated rings. The van der Waals surface area contributed by atoms with Gasteiger partial charge in [-0.15, -0.1) is 0 Å². The third-order valence-electron chi connectivity index (χ3n) is 4.72. The highest BCUT2D eigenvalue weighted by molar-refractivity contribution is 6.08. The van der Waals surface area contributed by atoms with Crippen molar-refractivity contribution in [2.24, 2.45) is 5.92 Å². The number of hydrogen-bond donors (Lipinski definition) is 3. The van der Waals surface area contributed by atoms with E-state index >= 15 is 0 Å². The predicted octanol–water partition coefficient (Wildman–Crippen LogP) is 1.40. The Morgan fingerprint density at radius 3 is 2.67 bits per heavy atom. The summed E-state index contributed by atoms with van der Waals surface area (Å²) in [5, 5.41) is 20.1. The minimum absolute atomic E-state index is 0.0166. The minimum Gasteiger partial charge on any atom is -0.492 e. The smallest absolute Gasteiger partial charge is 0.270 e. The maximum absolute atomic E-state index is 13.2. The summed E-state index contributed by atoms with van der Waals surface area (Å²) in [7, 11) is 0. The number of fused-ring (bicyclic) bond motifs is 1. The molecule has 10 heteroatoms. The molecule has 3 aromatic rings. The number of hydrogen-bond acceptors (Lipinski definition) is 6. The first kappa shape index (κ1) is 19.6. The molecule has 0 bridgehead atoms. The van der Waals surface area contributed by atoms with Gasteiger partial charge in [0.25, 0.3) is 17.4 Å². The molecule has 1 aliphatic rings. The molecular weight excluding hydrogens is 388 g/mol. The van der Waals surface area contributed by atoms with Gasteiger partial charge in [0.1, 0.15) is 11.4 Å². The summed E-state index contributed by atoms with van der Waals surface area (Å²) in [5.41, 5.74) is -0.848. The highest BCUT2D eigenvalue weighted by Gasteiger charge is 2.30. The second-order valence-electron chi connectivity index (χ2n) is 7.72. The van der Waals surface area contributed by atoms with E-state index < -0.39 is 23.3 Å². The van der Waals surface area contributed by atoms with Crippen LogP contribution in [-0.2, 0) is 6.54 Å². The molecule has 0 saturated heterocycles. The van der Waals surface area contributed by atoms with Crippen LogP contribution in [0.25, 0.3) is 5.65 Å². The maximum Gasteiger partial charge on any atom is 0.270 e. The van der Waals surface area contributed by atoms with Crippen LogP contribution >= 0.6 is 0 Å². The van der Waals surface area contributed by atoms with E-state index in [1.807, 2.05) is 13.8 Å². The van der Waals surface area contributed by atoms with Gasteiger partial charge in [-0.05, 0) is 30.9 Å². The number of nitrogens with zero attached hydrogens (tertiary/aromatic N) is 4. The monoisotopic (exact) mass is 410 g/mol. The Hall–Kier alpha value is -3.69. The number of nitrogens with one attached hydrogen (secondary N) is 2. The van der Waals surface area contributed by atoms with Crippen LogP contribution in [0.2, 0.25) is 0 Å². The van der Waals surface area contributed by atoms with Crippen molar-refractivity contribution >= 4 is 23.3 Å². The number of aromatic nitrogens is 4. The van der Waals surface area contributed by atoms with Gasteiger partial charge in [-0.2, -0.15) is 9.61 Å². The Kier molecular flexibility index (Phi) is 4.98. The van der Waals surface area contributed by atoms with Gasteiger partial charge in [0, 0.05) is 18.8 Å². The number of anilines is 1. The van der Waals surface area contributed by atoms with Crippen LogP contribution in [0.5, 0.6) is 5.88 Å². The molecule has 0 aliphatic heterocycles. The van der Waals surface area contributed by atoms with E-state index in [9.17, 15) is 19.5 Å². The highest BCUT2D eigenvalue weighted by Crippen LogP contribution is 2.23. The van der Waals surface area contributed by atoms with E-state index in [0.717, 1.165) is 17.4 Å². The van der Waals surface area contributed by atoms with Gasteiger partial charge in [-0.1, -0.05) is 19.9 Å². The van der Waals surface area contributed by atoms with E-state index in [-0.39, 0.29) is 35.3 Å². The quantitative estimate of drug-likeness (QED) is 0.563. The van der Waals surface area contributed by atoms with Crippen LogP contribution in [0.3, 0.4) is 0 Å². The van der Waals surface area contributed by atoms with Crippen LogP contribution in [0.1, 0.15) is 47.4 Å². The zero-order valence-electron chi connectivity index (χ0n) is 16.6. The van der Waals surface area contributed by atoms with Crippen LogP contribution in [0.4, 0.5) is 5.82 Å². The molecule has 4 rings (SSSR count). The fraction of sp³-hybridized carbons (Fsp3) is 0.350. The Morgan fingerprint density at radius 2 is 2.03 bits per heavy atom. The molecular formula is C20H22N6O4. The second kappa shape index (κ2) is 7.62. The molecule has 1 aliphatic carbocycles. The topological polar surface area (TPSA) is 131 Å². The highest BCUT2D eigenvalue weighted by atomic mass is 16.3. The van der Waals surface area contributed by atoms with Gasteiger partial charge in [-0.25, -0.2) is 4.98 Å². The van der Waals surface area contributed by atoms with E-state index in [1.165, 1.54) is 17.0 Å². The number of carbonyl (C=O) groups is 2. The standard InChI is InChI=1S/C20H22N6O4/c1-11(2)10-25-18-13(16(27)24-14-5-3-4-8-21-14)9-22-26(18)20(30)15(19(25)29)17(28)23-12-6-7-12/h3-5,8-9,11-12,30H,6-7,10H2,1-2H3,(H,23,28)(H,21,24,27). The number of amides is 2. The van der Waals surface area contributed by atoms with Crippen molar-refractivity contribution < 1.29 is 14.7 Å². The van der Waals surface area contributed by atoms with Crippen molar-refractivity contribution in [1.29, 1.82) is 0 Å². The first-order valence-electron chi connectivity index (χ1n) is 9.73. The molecule has 2 amide bonds. The predicted molar refractivity (Wildman–Crippen MR) is 109 cm³/mol. The molecule has 3 heterocycles. The van der Waals surface area contributed by atoms with Crippen molar-refractivity contribution in [3.05, 3.63) is 52.1 Å². The summed E-state index contributed by atoms with van der Waals surface area (Å²) in [5.74, 6) is -1.39. The minimum atomic E-state index is -0.667. The average molecular weight is 410 g/mol. The fourth-order valence-electron chi connectivity index (χ4n) is 3.19. The summed E-state index contributed by atoms with van der Waals surface area (Å²) in [6.07, 6.45) is 4.48. The lowest BCUT2D eigenvalue weighted by molar-refractivity contribution is 0.0944. The molecule has 30 heavy (non-hydrogen) atoms. The molecule has 0 aromatic carbocycles. The van der Waals surface area contributed by atoms with Gasteiger partial charge < -0.3 is 15.7 Å². The Bertz CT molecular complexity index is 1180. The van der Waals surface area contributed by atoms with Crippen molar-refractivity contribution in [1.82, 2.24) is 24.5 Å². The first-order valence-corrected chi connectivity index (χ1v) is 9.73. The van der Waals surface area contributed by atoms with Gasteiger partial charge in [0.15, 0.2) is 11.2 Å². The molecule has 3 aromatic heterocycles. The second-order valence-corrected chi connectivity index (χ2v) is 7.72. The van der Waals surface area contributed by atoms with Crippen LogP contribution in [0, 0.1) is 5.92 Å². The zero-order chi connectivity index (χ0) is 21.4. The maximum atomic E-state index is 13.2. The molecule has 0 unspecified atom stereocenters. The third-order valence-corrected chi connectivity index (χ3v) is 4.72. The molecule has 156 valence electrons. The number of pyridine rings is 1. The molecule has 10 nitrogen and oxygen atoms in total. The summed E-state index contributed by atoms with van der Waals surface area (Å²) in [6.45, 7) is 4.05. The molecule has 0 radical (unpaired) electrons. The average Bonchev–Trinajstić information content (AvgIpc) is 3.39. The number of aromatic hydroxyl groups is 1. The SMILES string of the molecule is CC(C)Cn1c(=O)c(C(=O)NC2CC2)c(O)n2ncc(C(=O)Nc3ccccn3)c12.